The van der Waals surface area contributed by atoms with Crippen LogP contribution in [0.15, 0.2) is 4.52 Å². The summed E-state index contributed by atoms with van der Waals surface area (Å²) in [7, 11) is 0. The van der Waals surface area contributed by atoms with Gasteiger partial charge in [0.15, 0.2) is 0 Å². The van der Waals surface area contributed by atoms with Gasteiger partial charge in [-0.15, -0.1) is 0 Å². The van der Waals surface area contributed by atoms with E-state index < -0.39 is 5.54 Å². The molecule has 0 saturated heterocycles. The molecule has 0 aromatic carbocycles. The first-order valence-corrected chi connectivity index (χ1v) is 6.97. The molecule has 1 aliphatic rings. The highest BCUT2D eigenvalue weighted by Gasteiger charge is 2.38. The molecule has 2 unspecified atom stereocenters. The summed E-state index contributed by atoms with van der Waals surface area (Å²) in [5, 5.41) is 4.06. The summed E-state index contributed by atoms with van der Waals surface area (Å²) in [6.07, 6.45) is 4.26. The standard InChI is InChI=1S/C13H24N4O/c1-4-17(5-2)12-15-11(18-16-12)13(14)8-6-7-10(3)9-13/h10H,4-9,14H2,1-3H3. The number of rotatable bonds is 4. The van der Waals surface area contributed by atoms with Crippen LogP contribution in [-0.2, 0) is 5.54 Å². The molecular formula is C13H24N4O. The van der Waals surface area contributed by atoms with Gasteiger partial charge in [0.2, 0.25) is 5.89 Å². The second-order valence-electron chi connectivity index (χ2n) is 5.43. The first-order chi connectivity index (χ1) is 8.59. The van der Waals surface area contributed by atoms with Crippen molar-refractivity contribution in [3.8, 4) is 0 Å². The molecule has 1 aromatic rings. The van der Waals surface area contributed by atoms with Crippen molar-refractivity contribution >= 4 is 5.95 Å². The van der Waals surface area contributed by atoms with Crippen molar-refractivity contribution in [2.75, 3.05) is 18.0 Å². The van der Waals surface area contributed by atoms with Gasteiger partial charge < -0.3 is 15.2 Å². The zero-order valence-corrected chi connectivity index (χ0v) is 11.6. The van der Waals surface area contributed by atoms with Crippen molar-refractivity contribution in [1.82, 2.24) is 10.1 Å². The minimum absolute atomic E-state index is 0.421. The third kappa shape index (κ3) is 2.51. The van der Waals surface area contributed by atoms with Gasteiger partial charge in [0, 0.05) is 13.1 Å². The zero-order chi connectivity index (χ0) is 13.2. The van der Waals surface area contributed by atoms with Crippen LogP contribution in [0.5, 0.6) is 0 Å². The predicted molar refractivity (Wildman–Crippen MR) is 71.4 cm³/mol. The van der Waals surface area contributed by atoms with Crippen molar-refractivity contribution in [3.05, 3.63) is 5.89 Å². The Morgan fingerprint density at radius 3 is 2.78 bits per heavy atom. The van der Waals surface area contributed by atoms with E-state index in [1.54, 1.807) is 0 Å². The fourth-order valence-electron chi connectivity index (χ4n) is 2.84. The lowest BCUT2D eigenvalue weighted by molar-refractivity contribution is 0.183. The molecule has 1 fully saturated rings. The quantitative estimate of drug-likeness (QED) is 0.890. The number of nitrogens with zero attached hydrogens (tertiary/aromatic N) is 3. The Kier molecular flexibility index (Phi) is 3.90. The maximum Gasteiger partial charge on any atom is 0.266 e. The molecule has 1 saturated carbocycles. The second-order valence-corrected chi connectivity index (χ2v) is 5.43. The molecule has 0 amide bonds. The zero-order valence-electron chi connectivity index (χ0n) is 11.6. The van der Waals surface area contributed by atoms with E-state index in [1.807, 2.05) is 0 Å². The Morgan fingerprint density at radius 2 is 2.17 bits per heavy atom. The Morgan fingerprint density at radius 1 is 1.44 bits per heavy atom. The third-order valence-corrected chi connectivity index (χ3v) is 3.92. The molecule has 1 aliphatic carbocycles. The van der Waals surface area contributed by atoms with Crippen LogP contribution in [-0.4, -0.2) is 23.2 Å². The van der Waals surface area contributed by atoms with Crippen LogP contribution in [0.3, 0.4) is 0 Å². The summed E-state index contributed by atoms with van der Waals surface area (Å²) in [5.41, 5.74) is 6.03. The number of hydrogen-bond acceptors (Lipinski definition) is 5. The highest BCUT2D eigenvalue weighted by atomic mass is 16.5. The molecule has 5 heteroatoms. The van der Waals surface area contributed by atoms with Crippen molar-refractivity contribution < 1.29 is 4.52 Å². The van der Waals surface area contributed by atoms with Gasteiger partial charge >= 0.3 is 0 Å². The summed E-state index contributed by atoms with van der Waals surface area (Å²) < 4.78 is 5.41. The predicted octanol–water partition coefficient (Wildman–Crippen LogP) is 2.28. The van der Waals surface area contributed by atoms with E-state index in [0.29, 0.717) is 17.8 Å². The summed E-state index contributed by atoms with van der Waals surface area (Å²) in [6, 6.07) is 0. The van der Waals surface area contributed by atoms with E-state index in [-0.39, 0.29) is 0 Å². The summed E-state index contributed by atoms with van der Waals surface area (Å²) >= 11 is 0. The van der Waals surface area contributed by atoms with Gasteiger partial charge in [-0.1, -0.05) is 19.8 Å². The van der Waals surface area contributed by atoms with Gasteiger partial charge in [-0.25, -0.2) is 0 Å². The van der Waals surface area contributed by atoms with Crippen LogP contribution in [0.2, 0.25) is 0 Å². The average Bonchev–Trinajstić information content (AvgIpc) is 2.80. The first kappa shape index (κ1) is 13.3. The van der Waals surface area contributed by atoms with Gasteiger partial charge in [0.05, 0.1) is 5.54 Å². The molecule has 2 atom stereocenters. The van der Waals surface area contributed by atoms with Gasteiger partial charge in [-0.3, -0.25) is 0 Å². The minimum Gasteiger partial charge on any atom is -0.339 e. The fourth-order valence-corrected chi connectivity index (χ4v) is 2.84. The van der Waals surface area contributed by atoms with E-state index in [4.69, 9.17) is 10.3 Å². The second kappa shape index (κ2) is 5.26. The van der Waals surface area contributed by atoms with E-state index >= 15 is 0 Å². The number of anilines is 1. The number of hydrogen-bond donors (Lipinski definition) is 1. The normalized spacial score (nSPS) is 28.3. The van der Waals surface area contributed by atoms with Gasteiger partial charge in [0.25, 0.3) is 5.95 Å². The lowest BCUT2D eigenvalue weighted by Gasteiger charge is -2.33. The van der Waals surface area contributed by atoms with Crippen molar-refractivity contribution in [3.63, 3.8) is 0 Å². The van der Waals surface area contributed by atoms with Crippen molar-refractivity contribution in [1.29, 1.82) is 0 Å². The molecule has 102 valence electrons. The van der Waals surface area contributed by atoms with Crippen LogP contribution in [0.1, 0.15) is 52.3 Å². The van der Waals surface area contributed by atoms with Crippen LogP contribution in [0.25, 0.3) is 0 Å². The van der Waals surface area contributed by atoms with Crippen LogP contribution < -0.4 is 10.6 Å². The molecule has 0 radical (unpaired) electrons. The van der Waals surface area contributed by atoms with E-state index in [2.05, 4.69) is 35.8 Å². The molecule has 2 N–H and O–H groups in total. The first-order valence-electron chi connectivity index (χ1n) is 6.97. The van der Waals surface area contributed by atoms with Gasteiger partial charge in [-0.2, -0.15) is 4.98 Å². The largest absolute Gasteiger partial charge is 0.339 e. The van der Waals surface area contributed by atoms with Crippen molar-refractivity contribution in [2.45, 2.75) is 52.0 Å². The summed E-state index contributed by atoms with van der Waals surface area (Å²) in [4.78, 5) is 6.58. The van der Waals surface area contributed by atoms with Crippen molar-refractivity contribution in [2.24, 2.45) is 11.7 Å². The Hall–Kier alpha value is -1.10. The molecule has 0 bridgehead atoms. The maximum absolute atomic E-state index is 6.45. The fraction of sp³-hybridized carbons (Fsp3) is 0.846. The maximum atomic E-state index is 6.45. The highest BCUT2D eigenvalue weighted by Crippen LogP contribution is 2.37. The molecule has 0 spiro atoms. The van der Waals surface area contributed by atoms with E-state index in [9.17, 15) is 0 Å². The third-order valence-electron chi connectivity index (χ3n) is 3.92. The molecule has 2 rings (SSSR count). The SMILES string of the molecule is CCN(CC)c1noc(C2(N)CCCC(C)C2)n1. The van der Waals surface area contributed by atoms with E-state index in [1.165, 1.54) is 6.42 Å². The smallest absolute Gasteiger partial charge is 0.266 e. The lowest BCUT2D eigenvalue weighted by atomic mass is 9.77. The highest BCUT2D eigenvalue weighted by molar-refractivity contribution is 5.28. The van der Waals surface area contributed by atoms with Crippen LogP contribution in [0, 0.1) is 5.92 Å². The summed E-state index contributed by atoms with van der Waals surface area (Å²) in [6.45, 7) is 8.16. The van der Waals surface area contributed by atoms with E-state index in [0.717, 1.165) is 32.4 Å². The molecule has 1 heterocycles. The van der Waals surface area contributed by atoms with Gasteiger partial charge in [-0.05, 0) is 37.8 Å². The van der Waals surface area contributed by atoms with Gasteiger partial charge in [0.1, 0.15) is 0 Å². The molecule has 1 aromatic heterocycles. The molecule has 5 nitrogen and oxygen atoms in total. The molecular weight excluding hydrogens is 228 g/mol. The van der Waals surface area contributed by atoms with Crippen LogP contribution in [0.4, 0.5) is 5.95 Å². The number of aromatic nitrogens is 2. The Labute approximate surface area is 109 Å². The average molecular weight is 252 g/mol. The summed E-state index contributed by atoms with van der Waals surface area (Å²) in [5.74, 6) is 1.90. The van der Waals surface area contributed by atoms with Crippen LogP contribution >= 0.6 is 0 Å². The number of nitrogens with two attached hydrogens (primary N) is 1. The topological polar surface area (TPSA) is 68.2 Å². The Balaban J connectivity index is 2.18. The molecule has 0 aliphatic heterocycles. The Bertz CT molecular complexity index is 388. The monoisotopic (exact) mass is 252 g/mol. The molecule has 18 heavy (non-hydrogen) atoms. The minimum atomic E-state index is -0.421. The lowest BCUT2D eigenvalue weighted by Crippen LogP contribution is -2.41.